The van der Waals surface area contributed by atoms with Crippen molar-refractivity contribution < 1.29 is 18.3 Å². The molecule has 29 heavy (non-hydrogen) atoms. The SMILES string of the molecule is COc1c(F)cc(OCC2CC2)cc1C(F)C1CCCN(N)C1c1ccccc1. The third kappa shape index (κ3) is 4.38. The van der Waals surface area contributed by atoms with Gasteiger partial charge >= 0.3 is 0 Å². The van der Waals surface area contributed by atoms with Gasteiger partial charge in [-0.3, -0.25) is 5.84 Å². The second-order valence-corrected chi connectivity index (χ2v) is 8.08. The van der Waals surface area contributed by atoms with Crippen molar-refractivity contribution >= 4 is 0 Å². The van der Waals surface area contributed by atoms with Crippen LogP contribution in [0.15, 0.2) is 42.5 Å². The molecule has 0 amide bonds. The fourth-order valence-electron chi connectivity index (χ4n) is 4.27. The summed E-state index contributed by atoms with van der Waals surface area (Å²) in [7, 11) is 1.37. The van der Waals surface area contributed by atoms with Gasteiger partial charge in [-0.05, 0) is 43.2 Å². The maximum Gasteiger partial charge on any atom is 0.169 e. The maximum absolute atomic E-state index is 16.0. The van der Waals surface area contributed by atoms with E-state index in [0.29, 0.717) is 31.2 Å². The topological polar surface area (TPSA) is 47.7 Å². The number of nitrogens with zero attached hydrogens (tertiary/aromatic N) is 1. The van der Waals surface area contributed by atoms with Crippen molar-refractivity contribution in [2.75, 3.05) is 20.3 Å². The van der Waals surface area contributed by atoms with Crippen LogP contribution < -0.4 is 15.3 Å². The molecule has 4 rings (SSSR count). The van der Waals surface area contributed by atoms with Crippen LogP contribution in [0, 0.1) is 17.7 Å². The lowest BCUT2D eigenvalue weighted by atomic mass is 9.80. The van der Waals surface area contributed by atoms with E-state index in [0.717, 1.165) is 24.8 Å². The highest BCUT2D eigenvalue weighted by atomic mass is 19.1. The molecular weight excluding hydrogens is 374 g/mol. The van der Waals surface area contributed by atoms with Crippen molar-refractivity contribution in [1.82, 2.24) is 5.01 Å². The van der Waals surface area contributed by atoms with Gasteiger partial charge < -0.3 is 9.47 Å². The third-order valence-electron chi connectivity index (χ3n) is 5.96. The van der Waals surface area contributed by atoms with Crippen molar-refractivity contribution in [2.45, 2.75) is 37.9 Å². The summed E-state index contributed by atoms with van der Waals surface area (Å²) in [6.07, 6.45) is 2.27. The first-order valence-corrected chi connectivity index (χ1v) is 10.3. The Balaban J connectivity index is 1.66. The molecule has 1 saturated heterocycles. The van der Waals surface area contributed by atoms with Crippen LogP contribution in [0.1, 0.15) is 49.0 Å². The minimum absolute atomic E-state index is 0.0581. The number of hydrogen-bond donors (Lipinski definition) is 1. The fraction of sp³-hybridized carbons (Fsp3) is 0.478. The van der Waals surface area contributed by atoms with E-state index in [1.807, 2.05) is 30.3 Å². The van der Waals surface area contributed by atoms with Gasteiger partial charge in [-0.2, -0.15) is 0 Å². The number of hydrogen-bond acceptors (Lipinski definition) is 4. The summed E-state index contributed by atoms with van der Waals surface area (Å²) in [4.78, 5) is 0. The average molecular weight is 402 g/mol. The van der Waals surface area contributed by atoms with Crippen LogP contribution in [0.5, 0.6) is 11.5 Å². The van der Waals surface area contributed by atoms with E-state index in [-0.39, 0.29) is 17.4 Å². The molecule has 1 saturated carbocycles. The molecule has 1 aliphatic heterocycles. The zero-order valence-electron chi connectivity index (χ0n) is 16.7. The highest BCUT2D eigenvalue weighted by Gasteiger charge is 2.39. The summed E-state index contributed by atoms with van der Waals surface area (Å²) in [6, 6.07) is 12.3. The van der Waals surface area contributed by atoms with Gasteiger partial charge in [0.1, 0.15) is 11.9 Å². The van der Waals surface area contributed by atoms with Gasteiger partial charge in [-0.15, -0.1) is 0 Å². The maximum atomic E-state index is 16.0. The minimum atomic E-state index is -1.43. The molecule has 0 aromatic heterocycles. The van der Waals surface area contributed by atoms with Gasteiger partial charge in [0, 0.05) is 24.1 Å². The quantitative estimate of drug-likeness (QED) is 0.665. The molecule has 0 bridgehead atoms. The first kappa shape index (κ1) is 20.1. The van der Waals surface area contributed by atoms with E-state index >= 15 is 4.39 Å². The Kier molecular flexibility index (Phi) is 6.01. The number of methoxy groups -OCH3 is 1. The summed E-state index contributed by atoms with van der Waals surface area (Å²) < 4.78 is 41.6. The molecular formula is C23H28F2N2O2. The number of piperidine rings is 1. The molecule has 2 aliphatic rings. The van der Waals surface area contributed by atoms with Gasteiger partial charge in [0.2, 0.25) is 0 Å². The lowest BCUT2D eigenvalue weighted by Gasteiger charge is -2.40. The molecule has 3 unspecified atom stereocenters. The van der Waals surface area contributed by atoms with Crippen LogP contribution in [0.2, 0.25) is 0 Å². The summed E-state index contributed by atoms with van der Waals surface area (Å²) in [5, 5.41) is 1.70. The van der Waals surface area contributed by atoms with Crippen molar-refractivity contribution in [2.24, 2.45) is 17.7 Å². The van der Waals surface area contributed by atoms with E-state index in [1.54, 1.807) is 11.1 Å². The Morgan fingerprint density at radius 3 is 2.62 bits per heavy atom. The van der Waals surface area contributed by atoms with E-state index in [4.69, 9.17) is 15.3 Å². The molecule has 6 heteroatoms. The number of ether oxygens (including phenoxy) is 2. The van der Waals surface area contributed by atoms with Crippen molar-refractivity contribution in [3.63, 3.8) is 0 Å². The Morgan fingerprint density at radius 1 is 1.17 bits per heavy atom. The smallest absolute Gasteiger partial charge is 0.169 e. The molecule has 2 aromatic rings. The molecule has 1 aliphatic carbocycles. The average Bonchev–Trinajstić information content (AvgIpc) is 3.56. The van der Waals surface area contributed by atoms with Crippen molar-refractivity contribution in [3.05, 3.63) is 59.4 Å². The van der Waals surface area contributed by atoms with Crippen LogP contribution in [0.25, 0.3) is 0 Å². The molecule has 2 fully saturated rings. The highest BCUT2D eigenvalue weighted by Crippen LogP contribution is 2.47. The van der Waals surface area contributed by atoms with Gasteiger partial charge in [0.05, 0.1) is 19.8 Å². The second kappa shape index (κ2) is 8.67. The lowest BCUT2D eigenvalue weighted by molar-refractivity contribution is 0.0404. The number of nitrogens with two attached hydrogens (primary N) is 1. The van der Waals surface area contributed by atoms with Crippen LogP contribution in [-0.2, 0) is 0 Å². The Labute approximate surface area is 170 Å². The first-order chi connectivity index (χ1) is 14.1. The standard InChI is InChI=1S/C23H28F2N2O2/c1-28-23-19(12-17(13-20(23)24)29-14-15-9-10-15)21(25)18-8-5-11-27(26)22(18)16-6-3-2-4-7-16/h2-4,6-7,12-13,15,18,21-22H,5,8-11,14,26H2,1H3. The number of halogens is 2. The second-order valence-electron chi connectivity index (χ2n) is 8.08. The molecule has 4 nitrogen and oxygen atoms in total. The third-order valence-corrected chi connectivity index (χ3v) is 5.96. The van der Waals surface area contributed by atoms with Gasteiger partial charge in [-0.1, -0.05) is 30.3 Å². The zero-order chi connectivity index (χ0) is 20.4. The first-order valence-electron chi connectivity index (χ1n) is 10.3. The van der Waals surface area contributed by atoms with Crippen LogP contribution in [-0.4, -0.2) is 25.3 Å². The van der Waals surface area contributed by atoms with Crippen LogP contribution in [0.3, 0.4) is 0 Å². The predicted molar refractivity (Wildman–Crippen MR) is 108 cm³/mol. The number of hydrazine groups is 1. The monoisotopic (exact) mass is 402 g/mol. The van der Waals surface area contributed by atoms with E-state index in [2.05, 4.69) is 0 Å². The summed E-state index contributed by atoms with van der Waals surface area (Å²) in [5.74, 6) is 6.07. The normalized spacial score (nSPS) is 23.6. The van der Waals surface area contributed by atoms with Crippen molar-refractivity contribution in [3.8, 4) is 11.5 Å². The molecule has 156 valence electrons. The predicted octanol–water partition coefficient (Wildman–Crippen LogP) is 4.96. The molecule has 3 atom stereocenters. The Morgan fingerprint density at radius 2 is 1.93 bits per heavy atom. The Bertz CT molecular complexity index is 829. The van der Waals surface area contributed by atoms with E-state index in [1.165, 1.54) is 13.2 Å². The lowest BCUT2D eigenvalue weighted by Crippen LogP contribution is -2.44. The molecule has 0 spiro atoms. The van der Waals surface area contributed by atoms with Gasteiger partial charge in [0.15, 0.2) is 11.6 Å². The number of alkyl halides is 1. The summed E-state index contributed by atoms with van der Waals surface area (Å²) in [5.41, 5.74) is 1.16. The molecule has 2 aromatic carbocycles. The van der Waals surface area contributed by atoms with Crippen LogP contribution in [0.4, 0.5) is 8.78 Å². The van der Waals surface area contributed by atoms with E-state index in [9.17, 15) is 4.39 Å². The van der Waals surface area contributed by atoms with E-state index < -0.39 is 17.9 Å². The molecule has 0 radical (unpaired) electrons. The molecule has 1 heterocycles. The molecule has 2 N–H and O–H groups in total. The fourth-order valence-corrected chi connectivity index (χ4v) is 4.27. The van der Waals surface area contributed by atoms with Gasteiger partial charge in [-0.25, -0.2) is 13.8 Å². The Hall–Kier alpha value is -2.18. The number of benzene rings is 2. The minimum Gasteiger partial charge on any atom is -0.493 e. The zero-order valence-corrected chi connectivity index (χ0v) is 16.7. The summed E-state index contributed by atoms with van der Waals surface area (Å²) in [6.45, 7) is 1.23. The highest BCUT2D eigenvalue weighted by molar-refractivity contribution is 5.44. The largest absolute Gasteiger partial charge is 0.493 e. The van der Waals surface area contributed by atoms with Gasteiger partial charge in [0.25, 0.3) is 0 Å². The number of rotatable bonds is 7. The van der Waals surface area contributed by atoms with Crippen molar-refractivity contribution in [1.29, 1.82) is 0 Å². The van der Waals surface area contributed by atoms with Crippen LogP contribution >= 0.6 is 0 Å². The summed E-state index contributed by atoms with van der Waals surface area (Å²) >= 11 is 0.